The van der Waals surface area contributed by atoms with E-state index in [2.05, 4.69) is 58.7 Å². The van der Waals surface area contributed by atoms with E-state index in [1.54, 1.807) is 0 Å². The van der Waals surface area contributed by atoms with Gasteiger partial charge in [-0.25, -0.2) is 0 Å². The number of aromatic amines is 1. The zero-order valence-electron chi connectivity index (χ0n) is 10.1. The summed E-state index contributed by atoms with van der Waals surface area (Å²) in [6, 6.07) is 16.7. The van der Waals surface area contributed by atoms with Crippen molar-refractivity contribution in [2.75, 3.05) is 0 Å². The summed E-state index contributed by atoms with van der Waals surface area (Å²) in [5.41, 5.74) is 5.59. The molecule has 1 heterocycles. The average molecular weight is 235 g/mol. The van der Waals surface area contributed by atoms with Crippen molar-refractivity contribution in [1.82, 2.24) is 15.4 Å². The Bertz CT molecular complexity index is 640. The summed E-state index contributed by atoms with van der Waals surface area (Å²) >= 11 is 0. The molecule has 0 atom stereocenters. The maximum Gasteiger partial charge on any atom is 0.113 e. The van der Waals surface area contributed by atoms with Crippen LogP contribution < -0.4 is 0 Å². The molecular formula is C15H13N3. The van der Waals surface area contributed by atoms with Crippen LogP contribution in [-0.2, 0) is 0 Å². The highest BCUT2D eigenvalue weighted by Gasteiger charge is 2.08. The van der Waals surface area contributed by atoms with Gasteiger partial charge in [-0.3, -0.25) is 5.10 Å². The molecule has 1 N–H and O–H groups in total. The molecule has 0 radical (unpaired) electrons. The van der Waals surface area contributed by atoms with E-state index < -0.39 is 0 Å². The molecule has 0 saturated heterocycles. The Morgan fingerprint density at radius 1 is 0.889 bits per heavy atom. The second-order valence-electron chi connectivity index (χ2n) is 4.27. The van der Waals surface area contributed by atoms with Gasteiger partial charge in [-0.15, -0.1) is 5.10 Å². The third-order valence-electron chi connectivity index (χ3n) is 2.98. The molecule has 0 unspecified atom stereocenters. The van der Waals surface area contributed by atoms with Crippen LogP contribution in [0.3, 0.4) is 0 Å². The lowest BCUT2D eigenvalue weighted by Gasteiger charge is -2.07. The van der Waals surface area contributed by atoms with Crippen LogP contribution in [0.1, 0.15) is 5.56 Å². The lowest BCUT2D eigenvalue weighted by atomic mass is 9.97. The Kier molecular flexibility index (Phi) is 2.65. The minimum atomic E-state index is 0.867. The van der Waals surface area contributed by atoms with E-state index in [4.69, 9.17) is 0 Å². The van der Waals surface area contributed by atoms with E-state index >= 15 is 0 Å². The van der Waals surface area contributed by atoms with Gasteiger partial charge < -0.3 is 0 Å². The number of H-pyrrole nitrogens is 1. The normalized spacial score (nSPS) is 10.5. The summed E-state index contributed by atoms with van der Waals surface area (Å²) in [5, 5.41) is 10.6. The van der Waals surface area contributed by atoms with Crippen molar-refractivity contribution >= 4 is 0 Å². The quantitative estimate of drug-likeness (QED) is 0.739. The third kappa shape index (κ3) is 1.91. The molecule has 3 aromatic rings. The monoisotopic (exact) mass is 235 g/mol. The van der Waals surface area contributed by atoms with Crippen LogP contribution in [-0.4, -0.2) is 15.4 Å². The van der Waals surface area contributed by atoms with Gasteiger partial charge in [0.05, 0.1) is 6.20 Å². The number of hydrogen-bond acceptors (Lipinski definition) is 2. The fourth-order valence-electron chi connectivity index (χ4n) is 2.02. The lowest BCUT2D eigenvalue weighted by Crippen LogP contribution is -1.85. The Balaban J connectivity index is 2.15. The zero-order valence-corrected chi connectivity index (χ0v) is 10.1. The van der Waals surface area contributed by atoms with Crippen molar-refractivity contribution in [3.05, 3.63) is 60.3 Å². The molecule has 0 fully saturated rings. The van der Waals surface area contributed by atoms with Crippen molar-refractivity contribution in [3.8, 4) is 22.4 Å². The van der Waals surface area contributed by atoms with E-state index in [-0.39, 0.29) is 0 Å². The second-order valence-corrected chi connectivity index (χ2v) is 4.27. The van der Waals surface area contributed by atoms with Crippen LogP contribution in [0.15, 0.2) is 54.7 Å². The van der Waals surface area contributed by atoms with Crippen molar-refractivity contribution in [2.45, 2.75) is 6.92 Å². The van der Waals surface area contributed by atoms with E-state index in [1.165, 1.54) is 16.7 Å². The van der Waals surface area contributed by atoms with Crippen LogP contribution in [0, 0.1) is 6.92 Å². The Hall–Kier alpha value is -2.42. The van der Waals surface area contributed by atoms with Gasteiger partial charge in [0, 0.05) is 5.56 Å². The van der Waals surface area contributed by atoms with Gasteiger partial charge in [-0.05, 0) is 18.1 Å². The lowest BCUT2D eigenvalue weighted by molar-refractivity contribution is 0.942. The fourth-order valence-corrected chi connectivity index (χ4v) is 2.02. The molecule has 88 valence electrons. The van der Waals surface area contributed by atoms with Crippen molar-refractivity contribution in [2.24, 2.45) is 0 Å². The van der Waals surface area contributed by atoms with Crippen LogP contribution >= 0.6 is 0 Å². The highest BCUT2D eigenvalue weighted by Crippen LogP contribution is 2.30. The van der Waals surface area contributed by atoms with Crippen LogP contribution in [0.2, 0.25) is 0 Å². The molecule has 2 aromatic carbocycles. The van der Waals surface area contributed by atoms with Gasteiger partial charge in [-0.2, -0.15) is 0 Å². The number of nitrogens with zero attached hydrogens (tertiary/aromatic N) is 2. The molecule has 0 spiro atoms. The number of hydrogen-bond donors (Lipinski definition) is 1. The second kappa shape index (κ2) is 4.45. The molecule has 0 bridgehead atoms. The maximum atomic E-state index is 4.08. The van der Waals surface area contributed by atoms with Crippen molar-refractivity contribution < 1.29 is 0 Å². The number of aromatic nitrogens is 3. The Morgan fingerprint density at radius 3 is 2.28 bits per heavy atom. The molecular weight excluding hydrogens is 222 g/mol. The Labute approximate surface area is 105 Å². The topological polar surface area (TPSA) is 41.6 Å². The van der Waals surface area contributed by atoms with Gasteiger partial charge in [0.15, 0.2) is 0 Å². The fraction of sp³-hybridized carbons (Fsp3) is 0.0667. The highest BCUT2D eigenvalue weighted by molar-refractivity contribution is 5.81. The number of benzene rings is 2. The number of rotatable bonds is 2. The summed E-state index contributed by atoms with van der Waals surface area (Å²) in [4.78, 5) is 0. The van der Waals surface area contributed by atoms with Crippen LogP contribution in [0.4, 0.5) is 0 Å². The molecule has 0 amide bonds. The summed E-state index contributed by atoms with van der Waals surface area (Å²) in [7, 11) is 0. The van der Waals surface area contributed by atoms with E-state index in [9.17, 15) is 0 Å². The molecule has 0 aliphatic carbocycles. The first-order valence-electron chi connectivity index (χ1n) is 5.87. The standard InChI is InChI=1S/C15H13N3/c1-11-6-8-12(9-7-11)13-4-2-3-5-14(13)15-10-16-18-17-15/h2-10H,1H3,(H,16,17,18). The predicted octanol–water partition coefficient (Wildman–Crippen LogP) is 3.45. The third-order valence-corrected chi connectivity index (χ3v) is 2.98. The molecule has 0 saturated carbocycles. The highest BCUT2D eigenvalue weighted by atomic mass is 15.3. The van der Waals surface area contributed by atoms with Crippen LogP contribution in [0.25, 0.3) is 22.4 Å². The summed E-state index contributed by atoms with van der Waals surface area (Å²) < 4.78 is 0. The van der Waals surface area contributed by atoms with Crippen molar-refractivity contribution in [1.29, 1.82) is 0 Å². The summed E-state index contributed by atoms with van der Waals surface area (Å²) in [5.74, 6) is 0. The molecule has 0 aliphatic heterocycles. The van der Waals surface area contributed by atoms with Gasteiger partial charge >= 0.3 is 0 Å². The van der Waals surface area contributed by atoms with E-state index in [0.717, 1.165) is 11.3 Å². The smallest absolute Gasteiger partial charge is 0.113 e. The molecule has 3 nitrogen and oxygen atoms in total. The molecule has 18 heavy (non-hydrogen) atoms. The van der Waals surface area contributed by atoms with Gasteiger partial charge in [-0.1, -0.05) is 59.3 Å². The molecule has 3 heteroatoms. The average Bonchev–Trinajstić information content (AvgIpc) is 2.93. The van der Waals surface area contributed by atoms with E-state index in [1.807, 2.05) is 18.3 Å². The number of aryl methyl sites for hydroxylation is 1. The summed E-state index contributed by atoms with van der Waals surface area (Å²) in [6.07, 6.45) is 1.81. The van der Waals surface area contributed by atoms with Crippen molar-refractivity contribution in [3.63, 3.8) is 0 Å². The largest absolute Gasteiger partial charge is 0.265 e. The first-order chi connectivity index (χ1) is 8.84. The minimum Gasteiger partial charge on any atom is -0.265 e. The van der Waals surface area contributed by atoms with Crippen LogP contribution in [0.5, 0.6) is 0 Å². The van der Waals surface area contributed by atoms with E-state index in [0.29, 0.717) is 0 Å². The van der Waals surface area contributed by atoms with Gasteiger partial charge in [0.25, 0.3) is 0 Å². The minimum absolute atomic E-state index is 0.867. The molecule has 0 aliphatic rings. The molecule has 1 aromatic heterocycles. The van der Waals surface area contributed by atoms with Gasteiger partial charge in [0.2, 0.25) is 0 Å². The first-order valence-corrected chi connectivity index (χ1v) is 5.87. The van der Waals surface area contributed by atoms with Gasteiger partial charge in [0.1, 0.15) is 5.69 Å². The first kappa shape index (κ1) is 10.7. The SMILES string of the molecule is Cc1ccc(-c2ccccc2-c2c[nH]nn2)cc1. The molecule has 3 rings (SSSR count). The zero-order chi connectivity index (χ0) is 12.4. The Morgan fingerprint density at radius 2 is 1.61 bits per heavy atom. The maximum absolute atomic E-state index is 4.08. The summed E-state index contributed by atoms with van der Waals surface area (Å²) in [6.45, 7) is 2.09. The number of nitrogens with one attached hydrogen (secondary N) is 1. The predicted molar refractivity (Wildman–Crippen MR) is 72.0 cm³/mol.